The maximum absolute atomic E-state index is 2.48. The third-order valence-electron chi connectivity index (χ3n) is 5.00. The van der Waals surface area contributed by atoms with Crippen molar-refractivity contribution in [3.63, 3.8) is 0 Å². The van der Waals surface area contributed by atoms with Gasteiger partial charge in [0.1, 0.15) is 0 Å². The van der Waals surface area contributed by atoms with Crippen LogP contribution in [-0.2, 0) is 0 Å². The topological polar surface area (TPSA) is 0 Å². The second-order valence-corrected chi connectivity index (χ2v) is 7.80. The Morgan fingerprint density at radius 3 is 1.78 bits per heavy atom. The predicted molar refractivity (Wildman–Crippen MR) is 82.9 cm³/mol. The monoisotopic (exact) mass is 252 g/mol. The maximum atomic E-state index is 2.48. The van der Waals surface area contributed by atoms with Gasteiger partial charge in [-0.25, -0.2) is 0 Å². The fourth-order valence-corrected chi connectivity index (χ4v) is 3.36. The van der Waals surface area contributed by atoms with Crippen LogP contribution in [0.15, 0.2) is 0 Å². The largest absolute Gasteiger partial charge is 0.0625 e. The number of rotatable bonds is 0. The van der Waals surface area contributed by atoms with Gasteiger partial charge in [0.25, 0.3) is 0 Å². The van der Waals surface area contributed by atoms with Gasteiger partial charge in [-0.1, -0.05) is 85.5 Å². The SMILES string of the molecule is CC1CCCCCCC(C)(C)CCCC(C)CC1. The first-order valence-corrected chi connectivity index (χ1v) is 8.49. The molecule has 1 saturated carbocycles. The van der Waals surface area contributed by atoms with Crippen molar-refractivity contribution >= 4 is 0 Å². The average Bonchev–Trinajstić information content (AvgIpc) is 2.30. The summed E-state index contributed by atoms with van der Waals surface area (Å²) in [6.45, 7) is 9.88. The van der Waals surface area contributed by atoms with Gasteiger partial charge in [-0.3, -0.25) is 0 Å². The zero-order chi connectivity index (χ0) is 13.4. The van der Waals surface area contributed by atoms with Gasteiger partial charge in [0.2, 0.25) is 0 Å². The van der Waals surface area contributed by atoms with Crippen LogP contribution in [0.5, 0.6) is 0 Å². The third kappa shape index (κ3) is 7.44. The Kier molecular flexibility index (Phi) is 7.34. The molecule has 108 valence electrons. The Morgan fingerprint density at radius 1 is 0.611 bits per heavy atom. The van der Waals surface area contributed by atoms with Crippen LogP contribution >= 0.6 is 0 Å². The van der Waals surface area contributed by atoms with Gasteiger partial charge >= 0.3 is 0 Å². The van der Waals surface area contributed by atoms with Gasteiger partial charge in [0, 0.05) is 0 Å². The first-order valence-electron chi connectivity index (χ1n) is 8.49. The summed E-state index contributed by atoms with van der Waals surface area (Å²) in [5.41, 5.74) is 0.594. The van der Waals surface area contributed by atoms with E-state index in [1.807, 2.05) is 0 Å². The summed E-state index contributed by atoms with van der Waals surface area (Å²) in [5.74, 6) is 1.91. The summed E-state index contributed by atoms with van der Waals surface area (Å²) in [6.07, 6.45) is 16.0. The molecule has 0 bridgehead atoms. The molecule has 1 aliphatic carbocycles. The van der Waals surface area contributed by atoms with E-state index in [1.165, 1.54) is 70.6 Å². The van der Waals surface area contributed by atoms with E-state index in [1.54, 1.807) is 0 Å². The Morgan fingerprint density at radius 2 is 1.11 bits per heavy atom. The van der Waals surface area contributed by atoms with Gasteiger partial charge in [-0.05, 0) is 30.1 Å². The van der Waals surface area contributed by atoms with E-state index in [-0.39, 0.29) is 0 Å². The molecule has 0 radical (unpaired) electrons. The van der Waals surface area contributed by atoms with Crippen LogP contribution < -0.4 is 0 Å². The normalized spacial score (nSPS) is 32.7. The molecule has 1 aliphatic rings. The molecule has 0 N–H and O–H groups in total. The minimum atomic E-state index is 0.594. The first kappa shape index (κ1) is 16.1. The molecule has 0 nitrogen and oxygen atoms in total. The molecular weight excluding hydrogens is 216 g/mol. The van der Waals surface area contributed by atoms with Crippen LogP contribution in [0.3, 0.4) is 0 Å². The Hall–Kier alpha value is 0. The molecule has 2 atom stereocenters. The molecule has 0 aromatic rings. The summed E-state index contributed by atoms with van der Waals surface area (Å²) in [6, 6.07) is 0. The molecule has 0 heterocycles. The summed E-state index contributed by atoms with van der Waals surface area (Å²) >= 11 is 0. The maximum Gasteiger partial charge on any atom is -0.0354 e. The average molecular weight is 252 g/mol. The zero-order valence-corrected chi connectivity index (χ0v) is 13.4. The van der Waals surface area contributed by atoms with E-state index >= 15 is 0 Å². The van der Waals surface area contributed by atoms with Crippen molar-refractivity contribution in [3.05, 3.63) is 0 Å². The molecule has 0 amide bonds. The van der Waals surface area contributed by atoms with Crippen molar-refractivity contribution in [3.8, 4) is 0 Å². The summed E-state index contributed by atoms with van der Waals surface area (Å²) in [4.78, 5) is 0. The molecule has 0 aromatic heterocycles. The van der Waals surface area contributed by atoms with Crippen LogP contribution in [0, 0.1) is 17.3 Å². The van der Waals surface area contributed by atoms with E-state index < -0.39 is 0 Å². The highest BCUT2D eigenvalue weighted by molar-refractivity contribution is 4.70. The molecule has 0 heteroatoms. The van der Waals surface area contributed by atoms with Gasteiger partial charge in [-0.15, -0.1) is 0 Å². The summed E-state index contributed by atoms with van der Waals surface area (Å²) in [5, 5.41) is 0. The van der Waals surface area contributed by atoms with Crippen LogP contribution in [0.2, 0.25) is 0 Å². The molecule has 0 aromatic carbocycles. The quantitative estimate of drug-likeness (QED) is 0.456. The lowest BCUT2D eigenvalue weighted by Crippen LogP contribution is -2.12. The van der Waals surface area contributed by atoms with Crippen molar-refractivity contribution in [1.82, 2.24) is 0 Å². The Balaban J connectivity index is 2.38. The van der Waals surface area contributed by atoms with Gasteiger partial charge in [-0.2, -0.15) is 0 Å². The highest BCUT2D eigenvalue weighted by Gasteiger charge is 2.18. The van der Waals surface area contributed by atoms with Crippen LogP contribution in [0.25, 0.3) is 0 Å². The van der Waals surface area contributed by atoms with E-state index in [0.29, 0.717) is 5.41 Å². The highest BCUT2D eigenvalue weighted by atomic mass is 14.2. The lowest BCUT2D eigenvalue weighted by molar-refractivity contribution is 0.267. The van der Waals surface area contributed by atoms with Crippen molar-refractivity contribution in [1.29, 1.82) is 0 Å². The molecular formula is C18H36. The van der Waals surface area contributed by atoms with Gasteiger partial charge in [0.15, 0.2) is 0 Å². The second-order valence-electron chi connectivity index (χ2n) is 7.80. The second kappa shape index (κ2) is 8.23. The molecule has 0 saturated heterocycles. The van der Waals surface area contributed by atoms with Crippen molar-refractivity contribution in [2.75, 3.05) is 0 Å². The third-order valence-corrected chi connectivity index (χ3v) is 5.00. The first-order chi connectivity index (χ1) is 8.49. The molecule has 0 spiro atoms. The molecule has 18 heavy (non-hydrogen) atoms. The summed E-state index contributed by atoms with van der Waals surface area (Å²) < 4.78 is 0. The standard InChI is InChI=1S/C18H36/c1-16-10-7-5-6-8-14-18(3,4)15-9-11-17(2)13-12-16/h16-17H,5-15H2,1-4H3. The Labute approximate surface area is 116 Å². The predicted octanol–water partition coefficient (Wildman–Crippen LogP) is 6.59. The van der Waals surface area contributed by atoms with Crippen LogP contribution in [0.1, 0.15) is 98.3 Å². The molecule has 0 aliphatic heterocycles. The van der Waals surface area contributed by atoms with Crippen LogP contribution in [0.4, 0.5) is 0 Å². The fourth-order valence-electron chi connectivity index (χ4n) is 3.36. The zero-order valence-electron chi connectivity index (χ0n) is 13.4. The minimum Gasteiger partial charge on any atom is -0.0625 e. The fraction of sp³-hybridized carbons (Fsp3) is 1.00. The Bertz CT molecular complexity index is 204. The molecule has 1 fully saturated rings. The smallest absolute Gasteiger partial charge is 0.0354 e. The number of hydrogen-bond donors (Lipinski definition) is 0. The summed E-state index contributed by atoms with van der Waals surface area (Å²) in [7, 11) is 0. The van der Waals surface area contributed by atoms with E-state index in [4.69, 9.17) is 0 Å². The molecule has 2 unspecified atom stereocenters. The van der Waals surface area contributed by atoms with Crippen LogP contribution in [-0.4, -0.2) is 0 Å². The van der Waals surface area contributed by atoms with E-state index in [0.717, 1.165) is 11.8 Å². The lowest BCUT2D eigenvalue weighted by Gasteiger charge is -2.26. The van der Waals surface area contributed by atoms with Gasteiger partial charge < -0.3 is 0 Å². The highest BCUT2D eigenvalue weighted by Crippen LogP contribution is 2.32. The number of hydrogen-bond acceptors (Lipinski definition) is 0. The minimum absolute atomic E-state index is 0.594. The van der Waals surface area contributed by atoms with Crippen molar-refractivity contribution < 1.29 is 0 Å². The molecule has 1 rings (SSSR count). The van der Waals surface area contributed by atoms with Crippen molar-refractivity contribution in [2.45, 2.75) is 98.3 Å². The van der Waals surface area contributed by atoms with Gasteiger partial charge in [0.05, 0.1) is 0 Å². The van der Waals surface area contributed by atoms with Crippen molar-refractivity contribution in [2.24, 2.45) is 17.3 Å². The van der Waals surface area contributed by atoms with E-state index in [2.05, 4.69) is 27.7 Å². The van der Waals surface area contributed by atoms with E-state index in [9.17, 15) is 0 Å². The lowest BCUT2D eigenvalue weighted by atomic mass is 9.80.